The molecule has 382 valence electrons. The second kappa shape index (κ2) is 25.6. The van der Waals surface area contributed by atoms with Crippen molar-refractivity contribution in [3.63, 3.8) is 0 Å². The van der Waals surface area contributed by atoms with Gasteiger partial charge in [0.05, 0.1) is 0 Å². The number of allylic oxidation sites excluding steroid dienone is 2. The number of benzene rings is 7. The third-order valence-electron chi connectivity index (χ3n) is 15.3. The molecule has 0 N–H and O–H groups in total. The van der Waals surface area contributed by atoms with Gasteiger partial charge in [-0.15, -0.1) is 0 Å². The molecule has 4 nitrogen and oxygen atoms in total. The zero-order chi connectivity index (χ0) is 51.4. The Bertz CT molecular complexity index is 2570. The van der Waals surface area contributed by atoms with E-state index in [0.29, 0.717) is 28.8 Å². The van der Waals surface area contributed by atoms with Crippen LogP contribution >= 0.6 is 23.8 Å². The zero-order valence-corrected chi connectivity index (χ0v) is 47.2. The lowest BCUT2D eigenvalue weighted by atomic mass is 10.0. The number of hydrogen-bond donors (Lipinski definition) is 0. The smallest absolute Gasteiger partial charge is 0.410 e. The van der Waals surface area contributed by atoms with Gasteiger partial charge in [0, 0.05) is 49.2 Å². The summed E-state index contributed by atoms with van der Waals surface area (Å²) < 4.78 is 5.69. The number of ether oxygens (including phenoxy) is 1. The molecule has 7 aromatic carbocycles. The van der Waals surface area contributed by atoms with Crippen LogP contribution in [0, 0.1) is 23.7 Å². The molecule has 4 aliphatic rings. The van der Waals surface area contributed by atoms with Gasteiger partial charge >= 0.3 is 6.09 Å². The number of fused-ring (bicyclic) bond motifs is 2. The van der Waals surface area contributed by atoms with Crippen molar-refractivity contribution in [2.45, 2.75) is 96.0 Å². The molecule has 7 aromatic rings. The summed E-state index contributed by atoms with van der Waals surface area (Å²) in [5.74, 6) is 3.06. The highest BCUT2D eigenvalue weighted by molar-refractivity contribution is 7.77. The third kappa shape index (κ3) is 13.4. The van der Waals surface area contributed by atoms with Gasteiger partial charge in [0.2, 0.25) is 0 Å². The van der Waals surface area contributed by atoms with Gasteiger partial charge in [0.15, 0.2) is 0 Å². The Morgan fingerprint density at radius 3 is 1.16 bits per heavy atom. The van der Waals surface area contributed by atoms with Gasteiger partial charge in [-0.05, 0) is 125 Å². The number of rotatable bonds is 12. The van der Waals surface area contributed by atoms with Crippen LogP contribution in [-0.2, 0) is 11.3 Å². The molecule has 4 unspecified atom stereocenters. The lowest BCUT2D eigenvalue weighted by Gasteiger charge is -2.40. The number of hydrogen-bond acceptors (Lipinski definition) is 3. The maximum atomic E-state index is 12.8. The molecule has 1 amide bonds. The largest absolute Gasteiger partial charge is 0.444 e. The first-order chi connectivity index (χ1) is 36.0. The van der Waals surface area contributed by atoms with Gasteiger partial charge in [-0.1, -0.05) is 245 Å². The highest BCUT2D eigenvalue weighted by atomic mass is 31.1. The molecule has 2 aliphatic heterocycles. The molecule has 8 atom stereocenters. The molecule has 11 rings (SSSR count). The van der Waals surface area contributed by atoms with E-state index in [1.807, 2.05) is 25.7 Å². The molecular formula is C67H77N2O2P3. The van der Waals surface area contributed by atoms with E-state index in [1.54, 1.807) is 0 Å². The number of carbonyl (C=O) groups is 1. The summed E-state index contributed by atoms with van der Waals surface area (Å²) in [4.78, 5) is 17.3. The molecule has 1 saturated carbocycles. The summed E-state index contributed by atoms with van der Waals surface area (Å²) in [6, 6.07) is 77.9. The van der Waals surface area contributed by atoms with Crippen LogP contribution in [0.4, 0.5) is 4.79 Å². The van der Waals surface area contributed by atoms with E-state index in [9.17, 15) is 4.79 Å². The van der Waals surface area contributed by atoms with Gasteiger partial charge < -0.3 is 9.64 Å². The maximum absolute atomic E-state index is 12.8. The molecule has 0 radical (unpaired) electrons. The van der Waals surface area contributed by atoms with Crippen molar-refractivity contribution in [3.8, 4) is 0 Å². The van der Waals surface area contributed by atoms with E-state index in [4.69, 9.17) is 4.74 Å². The van der Waals surface area contributed by atoms with E-state index < -0.39 is 29.4 Å². The molecule has 2 bridgehead atoms. The van der Waals surface area contributed by atoms with Crippen molar-refractivity contribution in [2.75, 3.05) is 19.6 Å². The van der Waals surface area contributed by atoms with E-state index in [-0.39, 0.29) is 12.1 Å². The van der Waals surface area contributed by atoms with Crippen LogP contribution in [0.5, 0.6) is 0 Å². The fraction of sp³-hybridized carbons (Fsp3) is 0.328. The number of nitrogens with zero attached hydrogens (tertiary/aromatic N) is 2. The SMILES string of the molecule is C1=CC2CC1C(P(c1ccccc1)c1ccccc1)C2P(c1ccccc1)c1ccccc1.CC[C@@H]1C[C@H](P(c2ccccc2)c2ccccc2)CN1C(=O)OC(C)(C)C.C[C@@H]1CN(Cc2ccccc2)C[C@H]1C. The zero-order valence-electron chi connectivity index (χ0n) is 44.5. The molecule has 74 heavy (non-hydrogen) atoms. The Kier molecular flexibility index (Phi) is 18.5. The van der Waals surface area contributed by atoms with E-state index in [0.717, 1.165) is 37.8 Å². The molecule has 7 heteroatoms. The normalized spacial score (nSPS) is 23.1. The van der Waals surface area contributed by atoms with Gasteiger partial charge in [0.1, 0.15) is 5.60 Å². The summed E-state index contributed by atoms with van der Waals surface area (Å²) in [6.07, 6.45) is 8.24. The number of likely N-dealkylation sites (tertiary alicyclic amines) is 2. The Labute approximate surface area is 447 Å². The fourth-order valence-electron chi connectivity index (χ4n) is 11.8. The summed E-state index contributed by atoms with van der Waals surface area (Å²) in [5.41, 5.74) is 2.74. The number of amides is 1. The molecule has 2 aliphatic carbocycles. The van der Waals surface area contributed by atoms with E-state index >= 15 is 0 Å². The van der Waals surface area contributed by atoms with Gasteiger partial charge in [-0.25, -0.2) is 4.79 Å². The standard InChI is InChI=1S/C31H28P2.C23H30NO2P.C13H19N/c1-5-13-26(14-6-1)32(27-15-7-2-8-16-27)30-24-21-22-25(23-24)31(30)33(28-17-9-3-10-18-28)29-19-11-4-12-20-29;1-5-18-16-21(17-24(18)22(25)26-23(2,3)4)27(19-12-8-6-9-13-19)20-14-10-7-11-15-20;1-11-8-14(9-12(11)2)10-13-6-4-3-5-7-13/h1-22,24-25,30-31H,23H2;6-15,18,21H,5,16-17H2,1-4H3;3-7,11-12H,8-10H2,1-2H3/t;18-,21+;11-,12-/m.11/s1. The minimum absolute atomic E-state index is 0.173. The van der Waals surface area contributed by atoms with Crippen LogP contribution in [0.3, 0.4) is 0 Å². The summed E-state index contributed by atoms with van der Waals surface area (Å²) >= 11 is 0. The van der Waals surface area contributed by atoms with Crippen molar-refractivity contribution in [3.05, 3.63) is 230 Å². The van der Waals surface area contributed by atoms with Crippen LogP contribution in [0.1, 0.15) is 66.4 Å². The highest BCUT2D eigenvalue weighted by Gasteiger charge is 2.52. The second-order valence-corrected chi connectivity index (χ2v) is 29.0. The molecule has 2 heterocycles. The monoisotopic (exact) mass is 1030 g/mol. The van der Waals surface area contributed by atoms with Crippen LogP contribution in [0.25, 0.3) is 0 Å². The first-order valence-corrected chi connectivity index (χ1v) is 31.4. The highest BCUT2D eigenvalue weighted by Crippen LogP contribution is 2.64. The van der Waals surface area contributed by atoms with Crippen LogP contribution < -0.4 is 31.8 Å². The van der Waals surface area contributed by atoms with Crippen molar-refractivity contribution < 1.29 is 9.53 Å². The first kappa shape index (κ1) is 53.6. The average molecular weight is 1040 g/mol. The van der Waals surface area contributed by atoms with Crippen LogP contribution in [0.2, 0.25) is 0 Å². The third-order valence-corrected chi connectivity index (χ3v) is 24.4. The molecule has 0 spiro atoms. The summed E-state index contributed by atoms with van der Waals surface area (Å²) in [6.45, 7) is 17.1. The second-order valence-electron chi connectivity index (χ2n) is 21.8. The minimum Gasteiger partial charge on any atom is -0.444 e. The van der Waals surface area contributed by atoms with Gasteiger partial charge in [0.25, 0.3) is 0 Å². The lowest BCUT2D eigenvalue weighted by Crippen LogP contribution is -2.40. The predicted molar refractivity (Wildman–Crippen MR) is 321 cm³/mol. The van der Waals surface area contributed by atoms with E-state index in [1.165, 1.54) is 56.9 Å². The van der Waals surface area contributed by atoms with Crippen molar-refractivity contribution in [2.24, 2.45) is 23.7 Å². The van der Waals surface area contributed by atoms with E-state index in [2.05, 4.69) is 250 Å². The molecule has 2 saturated heterocycles. The number of carbonyl (C=O) groups excluding carboxylic acids is 1. The quantitative estimate of drug-likeness (QED) is 0.0903. The molecular weight excluding hydrogens is 958 g/mol. The lowest BCUT2D eigenvalue weighted by molar-refractivity contribution is 0.0224. The van der Waals surface area contributed by atoms with Gasteiger partial charge in [-0.3, -0.25) is 4.90 Å². The predicted octanol–water partition coefficient (Wildman–Crippen LogP) is 13.9. The average Bonchev–Trinajstić information content (AvgIpc) is 4.24. The Morgan fingerprint density at radius 2 is 0.824 bits per heavy atom. The molecule has 3 fully saturated rings. The van der Waals surface area contributed by atoms with Crippen molar-refractivity contribution in [1.29, 1.82) is 0 Å². The Balaban J connectivity index is 0.000000147. The first-order valence-electron chi connectivity index (χ1n) is 27.2. The maximum Gasteiger partial charge on any atom is 0.410 e. The summed E-state index contributed by atoms with van der Waals surface area (Å²) in [7, 11) is -1.43. The topological polar surface area (TPSA) is 32.8 Å². The minimum atomic E-state index is -0.518. The van der Waals surface area contributed by atoms with Crippen LogP contribution in [0.15, 0.2) is 224 Å². The molecule has 0 aromatic heterocycles. The summed E-state index contributed by atoms with van der Waals surface area (Å²) in [5, 5.41) is 8.84. The Morgan fingerprint density at radius 1 is 0.486 bits per heavy atom. The van der Waals surface area contributed by atoms with Crippen molar-refractivity contribution >= 4 is 61.7 Å². The fourth-order valence-corrected chi connectivity index (χ4v) is 21.7. The van der Waals surface area contributed by atoms with Crippen LogP contribution in [-0.4, -0.2) is 64.1 Å². The Hall–Kier alpha value is -5.20. The van der Waals surface area contributed by atoms with Gasteiger partial charge in [-0.2, -0.15) is 0 Å². The van der Waals surface area contributed by atoms with Crippen molar-refractivity contribution in [1.82, 2.24) is 9.80 Å².